The number of nitrogens with two attached hydrogens (primary N) is 1. The van der Waals surface area contributed by atoms with E-state index in [1.165, 1.54) is 19.3 Å². The summed E-state index contributed by atoms with van der Waals surface area (Å²) in [4.78, 5) is 16.5. The number of piperidine rings is 2. The van der Waals surface area contributed by atoms with E-state index in [4.69, 9.17) is 5.73 Å². The van der Waals surface area contributed by atoms with Crippen LogP contribution >= 0.6 is 12.4 Å². The SMILES string of the molecule is CC1(C)CN(CC(=O)N2CCCCC2)CCC1N.Cl. The lowest BCUT2D eigenvalue weighted by Crippen LogP contribution is -2.54. The molecule has 112 valence electrons. The van der Waals surface area contributed by atoms with Crippen molar-refractivity contribution in [3.8, 4) is 0 Å². The zero-order valence-electron chi connectivity index (χ0n) is 12.2. The fourth-order valence-electron chi connectivity index (χ4n) is 3.05. The molecule has 1 amide bonds. The molecule has 2 heterocycles. The summed E-state index contributed by atoms with van der Waals surface area (Å²) < 4.78 is 0. The average Bonchev–Trinajstić information content (AvgIpc) is 2.34. The van der Waals surface area contributed by atoms with Gasteiger partial charge in [-0.05, 0) is 31.1 Å². The number of hydrogen-bond donors (Lipinski definition) is 1. The van der Waals surface area contributed by atoms with E-state index < -0.39 is 0 Å². The number of carbonyl (C=O) groups is 1. The fourth-order valence-corrected chi connectivity index (χ4v) is 3.05. The Morgan fingerprint density at radius 1 is 1.21 bits per heavy atom. The van der Waals surface area contributed by atoms with Crippen LogP contribution in [0.1, 0.15) is 39.5 Å². The highest BCUT2D eigenvalue weighted by Crippen LogP contribution is 2.27. The van der Waals surface area contributed by atoms with Crippen LogP contribution in [0.2, 0.25) is 0 Å². The first-order chi connectivity index (χ1) is 8.49. The van der Waals surface area contributed by atoms with E-state index in [0.717, 1.165) is 32.6 Å². The number of rotatable bonds is 2. The first-order valence-electron chi connectivity index (χ1n) is 7.25. The molecule has 4 nitrogen and oxygen atoms in total. The third-order valence-electron chi connectivity index (χ3n) is 4.46. The zero-order valence-corrected chi connectivity index (χ0v) is 13.0. The van der Waals surface area contributed by atoms with Crippen molar-refractivity contribution in [2.45, 2.75) is 45.6 Å². The van der Waals surface area contributed by atoms with Gasteiger partial charge in [0, 0.05) is 32.2 Å². The molecule has 2 saturated heterocycles. The van der Waals surface area contributed by atoms with E-state index in [1.54, 1.807) is 0 Å². The van der Waals surface area contributed by atoms with Crippen molar-refractivity contribution in [1.82, 2.24) is 9.80 Å². The van der Waals surface area contributed by atoms with Gasteiger partial charge >= 0.3 is 0 Å². The van der Waals surface area contributed by atoms with Crippen LogP contribution in [0, 0.1) is 5.41 Å². The summed E-state index contributed by atoms with van der Waals surface area (Å²) in [5.74, 6) is 0.306. The quantitative estimate of drug-likeness (QED) is 0.838. The van der Waals surface area contributed by atoms with Gasteiger partial charge in [-0.25, -0.2) is 0 Å². The smallest absolute Gasteiger partial charge is 0.236 e. The molecule has 2 N–H and O–H groups in total. The van der Waals surface area contributed by atoms with Gasteiger partial charge in [0.2, 0.25) is 5.91 Å². The van der Waals surface area contributed by atoms with Crippen LogP contribution in [0.5, 0.6) is 0 Å². The minimum atomic E-state index is 0. The predicted molar refractivity (Wildman–Crippen MR) is 80.5 cm³/mol. The van der Waals surface area contributed by atoms with Crippen LogP contribution in [-0.2, 0) is 4.79 Å². The molecule has 1 unspecified atom stereocenters. The van der Waals surface area contributed by atoms with Gasteiger partial charge in [-0.3, -0.25) is 9.69 Å². The summed E-state index contributed by atoms with van der Waals surface area (Å²) in [5.41, 5.74) is 6.25. The van der Waals surface area contributed by atoms with Crippen LogP contribution in [0.4, 0.5) is 0 Å². The molecule has 0 aliphatic carbocycles. The van der Waals surface area contributed by atoms with E-state index in [-0.39, 0.29) is 23.9 Å². The topological polar surface area (TPSA) is 49.6 Å². The van der Waals surface area contributed by atoms with E-state index in [9.17, 15) is 4.79 Å². The van der Waals surface area contributed by atoms with Crippen LogP contribution in [-0.4, -0.2) is 54.5 Å². The van der Waals surface area contributed by atoms with Gasteiger partial charge in [0.25, 0.3) is 0 Å². The Morgan fingerprint density at radius 3 is 2.42 bits per heavy atom. The summed E-state index contributed by atoms with van der Waals surface area (Å²) in [6, 6.07) is 0.263. The fraction of sp³-hybridized carbons (Fsp3) is 0.929. The Balaban J connectivity index is 0.00000180. The van der Waals surface area contributed by atoms with Crippen molar-refractivity contribution in [3.63, 3.8) is 0 Å². The van der Waals surface area contributed by atoms with Crippen LogP contribution in [0.25, 0.3) is 0 Å². The van der Waals surface area contributed by atoms with Gasteiger partial charge in [0.15, 0.2) is 0 Å². The molecule has 5 heteroatoms. The van der Waals surface area contributed by atoms with Gasteiger partial charge in [-0.1, -0.05) is 13.8 Å². The molecule has 0 spiro atoms. The first kappa shape index (κ1) is 16.7. The molecule has 0 aromatic carbocycles. The Hall–Kier alpha value is -0.320. The third kappa shape index (κ3) is 4.33. The number of carbonyl (C=O) groups excluding carboxylic acids is 1. The Labute approximate surface area is 123 Å². The van der Waals surface area contributed by atoms with Gasteiger partial charge in [-0.2, -0.15) is 0 Å². The highest BCUT2D eigenvalue weighted by molar-refractivity contribution is 5.85. The molecule has 0 saturated carbocycles. The van der Waals surface area contributed by atoms with Gasteiger partial charge in [0.1, 0.15) is 0 Å². The van der Waals surface area contributed by atoms with Crippen molar-refractivity contribution in [2.24, 2.45) is 11.1 Å². The van der Waals surface area contributed by atoms with E-state index in [0.29, 0.717) is 12.5 Å². The van der Waals surface area contributed by atoms with Crippen molar-refractivity contribution in [2.75, 3.05) is 32.7 Å². The molecule has 1 atom stereocenters. The molecule has 2 aliphatic rings. The highest BCUT2D eigenvalue weighted by Gasteiger charge is 2.34. The van der Waals surface area contributed by atoms with Gasteiger partial charge in [0.05, 0.1) is 6.54 Å². The second-order valence-corrected chi connectivity index (χ2v) is 6.54. The Bertz CT molecular complexity index is 303. The number of halogens is 1. The molecule has 0 radical (unpaired) electrons. The van der Waals surface area contributed by atoms with Crippen LogP contribution in [0.15, 0.2) is 0 Å². The van der Waals surface area contributed by atoms with Crippen molar-refractivity contribution >= 4 is 18.3 Å². The standard InChI is InChI=1S/C14H27N3O.ClH/c1-14(2)11-16(9-6-12(14)15)10-13(18)17-7-4-3-5-8-17;/h12H,3-11,15H2,1-2H3;1H. The number of likely N-dealkylation sites (tertiary alicyclic amines) is 2. The average molecular weight is 290 g/mol. The molecule has 2 rings (SSSR count). The van der Waals surface area contributed by atoms with Crippen molar-refractivity contribution in [1.29, 1.82) is 0 Å². The van der Waals surface area contributed by atoms with E-state index in [2.05, 4.69) is 18.7 Å². The lowest BCUT2D eigenvalue weighted by atomic mass is 9.80. The highest BCUT2D eigenvalue weighted by atomic mass is 35.5. The monoisotopic (exact) mass is 289 g/mol. The number of amides is 1. The second-order valence-electron chi connectivity index (χ2n) is 6.54. The summed E-state index contributed by atoms with van der Waals surface area (Å²) >= 11 is 0. The second kappa shape index (κ2) is 6.91. The summed E-state index contributed by atoms with van der Waals surface area (Å²) in [6.45, 7) is 8.80. The van der Waals surface area contributed by atoms with E-state index >= 15 is 0 Å². The molecule has 19 heavy (non-hydrogen) atoms. The molecular formula is C14H28ClN3O. The maximum absolute atomic E-state index is 12.2. The summed E-state index contributed by atoms with van der Waals surface area (Å²) in [6.07, 6.45) is 4.61. The van der Waals surface area contributed by atoms with Crippen molar-refractivity contribution in [3.05, 3.63) is 0 Å². The number of hydrogen-bond acceptors (Lipinski definition) is 3. The van der Waals surface area contributed by atoms with Gasteiger partial charge < -0.3 is 10.6 Å². The summed E-state index contributed by atoms with van der Waals surface area (Å²) in [7, 11) is 0. The molecule has 2 fully saturated rings. The maximum Gasteiger partial charge on any atom is 0.236 e. The van der Waals surface area contributed by atoms with Crippen molar-refractivity contribution < 1.29 is 4.79 Å². The lowest BCUT2D eigenvalue weighted by Gasteiger charge is -2.43. The Morgan fingerprint density at radius 2 is 1.84 bits per heavy atom. The Kier molecular flexibility index (Phi) is 6.09. The minimum absolute atomic E-state index is 0. The molecule has 0 aromatic rings. The maximum atomic E-state index is 12.2. The summed E-state index contributed by atoms with van der Waals surface area (Å²) in [5, 5.41) is 0. The minimum Gasteiger partial charge on any atom is -0.342 e. The predicted octanol–water partition coefficient (Wildman–Crippen LogP) is 1.48. The third-order valence-corrected chi connectivity index (χ3v) is 4.46. The van der Waals surface area contributed by atoms with Crippen LogP contribution < -0.4 is 5.73 Å². The first-order valence-corrected chi connectivity index (χ1v) is 7.25. The van der Waals surface area contributed by atoms with E-state index in [1.807, 2.05) is 4.90 Å². The molecule has 0 bridgehead atoms. The van der Waals surface area contributed by atoms with Crippen LogP contribution in [0.3, 0.4) is 0 Å². The van der Waals surface area contributed by atoms with Gasteiger partial charge in [-0.15, -0.1) is 12.4 Å². The largest absolute Gasteiger partial charge is 0.342 e. The zero-order chi connectivity index (χ0) is 13.2. The normalized spacial score (nSPS) is 27.7. The molecule has 2 aliphatic heterocycles. The number of nitrogens with zero attached hydrogens (tertiary/aromatic N) is 2. The molecule has 0 aromatic heterocycles. The lowest BCUT2D eigenvalue weighted by molar-refractivity contribution is -0.134. The molecular weight excluding hydrogens is 262 g/mol.